The molecule has 0 spiro atoms. The van der Waals surface area contributed by atoms with Crippen LogP contribution in [0.25, 0.3) is 0 Å². The SMILES string of the molecule is CC1CN(C2CCNCC2)C(C)C1C. The summed E-state index contributed by atoms with van der Waals surface area (Å²) in [6, 6.07) is 1.66. The third-order valence-corrected chi connectivity index (χ3v) is 4.46. The Morgan fingerprint density at radius 3 is 2.21 bits per heavy atom. The Labute approximate surface area is 88.1 Å². The summed E-state index contributed by atoms with van der Waals surface area (Å²) >= 11 is 0. The van der Waals surface area contributed by atoms with E-state index in [4.69, 9.17) is 0 Å². The molecule has 2 heteroatoms. The van der Waals surface area contributed by atoms with Gasteiger partial charge in [-0.3, -0.25) is 4.90 Å². The first-order chi connectivity index (χ1) is 6.70. The van der Waals surface area contributed by atoms with Gasteiger partial charge in [-0.05, 0) is 44.7 Å². The highest BCUT2D eigenvalue weighted by atomic mass is 15.2. The molecular weight excluding hydrogens is 172 g/mol. The summed E-state index contributed by atoms with van der Waals surface area (Å²) in [6.45, 7) is 11.0. The van der Waals surface area contributed by atoms with Gasteiger partial charge in [0.2, 0.25) is 0 Å². The monoisotopic (exact) mass is 196 g/mol. The zero-order chi connectivity index (χ0) is 10.1. The largest absolute Gasteiger partial charge is 0.317 e. The molecule has 0 amide bonds. The van der Waals surface area contributed by atoms with Crippen molar-refractivity contribution in [3.63, 3.8) is 0 Å². The van der Waals surface area contributed by atoms with Crippen molar-refractivity contribution in [2.24, 2.45) is 11.8 Å². The maximum Gasteiger partial charge on any atom is 0.0122 e. The number of nitrogens with zero attached hydrogens (tertiary/aromatic N) is 1. The summed E-state index contributed by atoms with van der Waals surface area (Å²) in [4.78, 5) is 2.76. The van der Waals surface area contributed by atoms with E-state index in [9.17, 15) is 0 Å². The molecule has 2 aliphatic rings. The van der Waals surface area contributed by atoms with Gasteiger partial charge in [0, 0.05) is 18.6 Å². The Morgan fingerprint density at radius 2 is 1.71 bits per heavy atom. The van der Waals surface area contributed by atoms with E-state index in [1.807, 2.05) is 0 Å². The molecule has 1 N–H and O–H groups in total. The number of piperidine rings is 1. The lowest BCUT2D eigenvalue weighted by atomic mass is 9.95. The second-order valence-electron chi connectivity index (χ2n) is 5.25. The van der Waals surface area contributed by atoms with Crippen LogP contribution in [0.15, 0.2) is 0 Å². The summed E-state index contributed by atoms with van der Waals surface area (Å²) in [5.41, 5.74) is 0. The van der Waals surface area contributed by atoms with Crippen LogP contribution in [0, 0.1) is 11.8 Å². The van der Waals surface area contributed by atoms with E-state index in [-0.39, 0.29) is 0 Å². The van der Waals surface area contributed by atoms with Crippen molar-refractivity contribution in [1.29, 1.82) is 0 Å². The van der Waals surface area contributed by atoms with E-state index in [2.05, 4.69) is 31.0 Å². The van der Waals surface area contributed by atoms with Gasteiger partial charge >= 0.3 is 0 Å². The van der Waals surface area contributed by atoms with Gasteiger partial charge in [-0.1, -0.05) is 13.8 Å². The van der Waals surface area contributed by atoms with E-state index >= 15 is 0 Å². The van der Waals surface area contributed by atoms with Gasteiger partial charge in [0.15, 0.2) is 0 Å². The highest BCUT2D eigenvalue weighted by Gasteiger charge is 2.37. The molecule has 2 saturated heterocycles. The molecule has 0 aromatic rings. The molecule has 2 rings (SSSR count). The van der Waals surface area contributed by atoms with Crippen LogP contribution < -0.4 is 5.32 Å². The Morgan fingerprint density at radius 1 is 1.07 bits per heavy atom. The lowest BCUT2D eigenvalue weighted by Crippen LogP contribution is -2.45. The predicted octanol–water partition coefficient (Wildman–Crippen LogP) is 1.71. The Bertz CT molecular complexity index is 187. The number of rotatable bonds is 1. The highest BCUT2D eigenvalue weighted by Crippen LogP contribution is 2.32. The first-order valence-electron chi connectivity index (χ1n) is 6.16. The molecule has 0 aromatic heterocycles. The van der Waals surface area contributed by atoms with Gasteiger partial charge in [-0.25, -0.2) is 0 Å². The second-order valence-corrected chi connectivity index (χ2v) is 5.25. The summed E-state index contributed by atoms with van der Waals surface area (Å²) in [6.07, 6.45) is 2.70. The maximum absolute atomic E-state index is 3.45. The minimum Gasteiger partial charge on any atom is -0.317 e. The van der Waals surface area contributed by atoms with Crippen molar-refractivity contribution in [1.82, 2.24) is 10.2 Å². The van der Waals surface area contributed by atoms with Gasteiger partial charge < -0.3 is 5.32 Å². The number of nitrogens with one attached hydrogen (secondary N) is 1. The Kier molecular flexibility index (Phi) is 3.13. The minimum absolute atomic E-state index is 0.799. The molecule has 3 unspecified atom stereocenters. The van der Waals surface area contributed by atoms with Gasteiger partial charge in [0.1, 0.15) is 0 Å². The van der Waals surface area contributed by atoms with E-state index in [1.165, 1.54) is 32.5 Å². The van der Waals surface area contributed by atoms with Crippen molar-refractivity contribution < 1.29 is 0 Å². The summed E-state index contributed by atoms with van der Waals surface area (Å²) in [5, 5.41) is 3.45. The van der Waals surface area contributed by atoms with Crippen LogP contribution in [0.4, 0.5) is 0 Å². The highest BCUT2D eigenvalue weighted by molar-refractivity contribution is 4.91. The van der Waals surface area contributed by atoms with Gasteiger partial charge in [0.25, 0.3) is 0 Å². The molecule has 2 nitrogen and oxygen atoms in total. The van der Waals surface area contributed by atoms with E-state index in [0.717, 1.165) is 23.9 Å². The molecule has 2 aliphatic heterocycles. The van der Waals surface area contributed by atoms with Crippen molar-refractivity contribution in [3.8, 4) is 0 Å². The van der Waals surface area contributed by atoms with Crippen LogP contribution in [-0.2, 0) is 0 Å². The fraction of sp³-hybridized carbons (Fsp3) is 1.00. The van der Waals surface area contributed by atoms with E-state index in [1.54, 1.807) is 0 Å². The number of hydrogen-bond acceptors (Lipinski definition) is 2. The molecule has 2 heterocycles. The first kappa shape index (κ1) is 10.4. The molecule has 0 aromatic carbocycles. The lowest BCUT2D eigenvalue weighted by molar-refractivity contribution is 0.145. The molecule has 3 atom stereocenters. The van der Waals surface area contributed by atoms with Crippen LogP contribution in [0.1, 0.15) is 33.6 Å². The fourth-order valence-corrected chi connectivity index (χ4v) is 3.06. The fourth-order valence-electron chi connectivity index (χ4n) is 3.06. The summed E-state index contributed by atoms with van der Waals surface area (Å²) in [5.74, 6) is 1.77. The molecular formula is C12H24N2. The van der Waals surface area contributed by atoms with Crippen LogP contribution >= 0.6 is 0 Å². The third-order valence-electron chi connectivity index (χ3n) is 4.46. The van der Waals surface area contributed by atoms with Gasteiger partial charge in [0.05, 0.1) is 0 Å². The zero-order valence-corrected chi connectivity index (χ0v) is 9.79. The first-order valence-corrected chi connectivity index (χ1v) is 6.16. The maximum atomic E-state index is 3.45. The Balaban J connectivity index is 1.97. The Hall–Kier alpha value is -0.0800. The van der Waals surface area contributed by atoms with Crippen LogP contribution in [0.5, 0.6) is 0 Å². The minimum atomic E-state index is 0.799. The summed E-state index contributed by atoms with van der Waals surface area (Å²) < 4.78 is 0. The lowest BCUT2D eigenvalue weighted by Gasteiger charge is -2.35. The van der Waals surface area contributed by atoms with Crippen LogP contribution in [0.2, 0.25) is 0 Å². The topological polar surface area (TPSA) is 15.3 Å². The summed E-state index contributed by atoms with van der Waals surface area (Å²) in [7, 11) is 0. The standard InChI is InChI=1S/C12H24N2/c1-9-8-14(11(3)10(9)2)12-4-6-13-7-5-12/h9-13H,4-8H2,1-3H3. The van der Waals surface area contributed by atoms with Crippen LogP contribution in [-0.4, -0.2) is 36.6 Å². The molecule has 14 heavy (non-hydrogen) atoms. The third kappa shape index (κ3) is 1.82. The molecule has 0 radical (unpaired) electrons. The molecule has 0 saturated carbocycles. The average Bonchev–Trinajstić information content (AvgIpc) is 2.47. The van der Waals surface area contributed by atoms with Crippen molar-refractivity contribution in [3.05, 3.63) is 0 Å². The number of hydrogen-bond donors (Lipinski definition) is 1. The van der Waals surface area contributed by atoms with E-state index in [0.29, 0.717) is 0 Å². The average molecular weight is 196 g/mol. The molecule has 2 fully saturated rings. The molecule has 0 aliphatic carbocycles. The van der Waals surface area contributed by atoms with Crippen molar-refractivity contribution in [2.75, 3.05) is 19.6 Å². The molecule has 82 valence electrons. The zero-order valence-electron chi connectivity index (χ0n) is 9.79. The normalized spacial score (nSPS) is 41.8. The van der Waals surface area contributed by atoms with E-state index < -0.39 is 0 Å². The molecule has 0 bridgehead atoms. The van der Waals surface area contributed by atoms with Crippen molar-refractivity contribution >= 4 is 0 Å². The van der Waals surface area contributed by atoms with Gasteiger partial charge in [-0.2, -0.15) is 0 Å². The van der Waals surface area contributed by atoms with Crippen LogP contribution in [0.3, 0.4) is 0 Å². The smallest absolute Gasteiger partial charge is 0.0122 e. The van der Waals surface area contributed by atoms with Crippen molar-refractivity contribution in [2.45, 2.75) is 45.7 Å². The number of likely N-dealkylation sites (tertiary alicyclic amines) is 1. The van der Waals surface area contributed by atoms with Gasteiger partial charge in [-0.15, -0.1) is 0 Å². The second kappa shape index (κ2) is 4.19. The quantitative estimate of drug-likeness (QED) is 0.687. The predicted molar refractivity (Wildman–Crippen MR) is 60.4 cm³/mol.